The smallest absolute Gasteiger partial charge is 0.103 e. The first-order chi connectivity index (χ1) is 22.8. The molecule has 278 valence electrons. The van der Waals surface area contributed by atoms with Gasteiger partial charge in [0, 0.05) is 6.61 Å². The van der Waals surface area contributed by atoms with Gasteiger partial charge in [0.25, 0.3) is 0 Å². The van der Waals surface area contributed by atoms with Gasteiger partial charge < -0.3 is 14.9 Å². The molecule has 2 N–H and O–H groups in total. The van der Waals surface area contributed by atoms with Crippen molar-refractivity contribution in [2.24, 2.45) is 0 Å². The van der Waals surface area contributed by atoms with Crippen molar-refractivity contribution in [2.45, 2.75) is 264 Å². The Hall–Kier alpha value is -0.120. The molecule has 0 rings (SSSR count). The molecule has 0 aliphatic carbocycles. The van der Waals surface area contributed by atoms with Gasteiger partial charge in [0.15, 0.2) is 0 Å². The van der Waals surface area contributed by atoms with Crippen molar-refractivity contribution < 1.29 is 14.9 Å². The molecule has 46 heavy (non-hydrogen) atoms. The Kier molecular flexibility index (Phi) is 40.9. The summed E-state index contributed by atoms with van der Waals surface area (Å²) < 4.78 is 6.05. The maximum absolute atomic E-state index is 10.2. The summed E-state index contributed by atoms with van der Waals surface area (Å²) in [7, 11) is 0. The highest BCUT2D eigenvalue weighted by Crippen LogP contribution is 2.18. The van der Waals surface area contributed by atoms with E-state index in [-0.39, 0.29) is 12.7 Å². The average Bonchev–Trinajstić information content (AvgIpc) is 3.07. The Bertz CT molecular complexity index is 524. The molecule has 3 heteroatoms. The van der Waals surface area contributed by atoms with E-state index in [1.165, 1.54) is 218 Å². The first-order valence-electron chi connectivity index (χ1n) is 21.7. The van der Waals surface area contributed by atoms with E-state index in [0.29, 0.717) is 0 Å². The standard InChI is InChI=1S/C43H88O3/c1-3-5-7-9-11-13-15-17-19-21-23-25-27-29-31-33-35-37-39-43(42(45)41-44)46-40-38-36-34-32-30-28-26-24-22-20-18-16-14-12-10-8-6-4-2/h42-45H,3-41H2,1-2H3. The van der Waals surface area contributed by atoms with Gasteiger partial charge in [0.2, 0.25) is 0 Å². The van der Waals surface area contributed by atoms with Gasteiger partial charge in [0.1, 0.15) is 6.10 Å². The van der Waals surface area contributed by atoms with E-state index < -0.39 is 6.10 Å². The lowest BCUT2D eigenvalue weighted by atomic mass is 10.0. The number of aliphatic hydroxyl groups excluding tert-OH is 2. The van der Waals surface area contributed by atoms with Gasteiger partial charge in [-0.05, 0) is 12.8 Å². The molecule has 0 aromatic heterocycles. The molecule has 0 spiro atoms. The Balaban J connectivity index is 3.44. The van der Waals surface area contributed by atoms with E-state index in [1.54, 1.807) is 0 Å². The second kappa shape index (κ2) is 41.1. The number of ether oxygens (including phenoxy) is 1. The molecule has 0 heterocycles. The molecule has 2 unspecified atom stereocenters. The number of rotatable bonds is 41. The topological polar surface area (TPSA) is 49.7 Å². The zero-order valence-corrected chi connectivity index (χ0v) is 32.0. The lowest BCUT2D eigenvalue weighted by Crippen LogP contribution is -2.32. The summed E-state index contributed by atoms with van der Waals surface area (Å²) in [6, 6.07) is 0. The highest BCUT2D eigenvalue weighted by Gasteiger charge is 2.18. The molecule has 0 bridgehead atoms. The molecule has 0 saturated carbocycles. The van der Waals surface area contributed by atoms with E-state index in [0.717, 1.165) is 25.9 Å². The third-order valence-electron chi connectivity index (χ3n) is 10.3. The molecule has 0 fully saturated rings. The van der Waals surface area contributed by atoms with Gasteiger partial charge >= 0.3 is 0 Å². The quantitative estimate of drug-likeness (QED) is 0.0646. The highest BCUT2D eigenvalue weighted by atomic mass is 16.5. The van der Waals surface area contributed by atoms with Crippen LogP contribution in [0, 0.1) is 0 Å². The van der Waals surface area contributed by atoms with Gasteiger partial charge in [-0.25, -0.2) is 0 Å². The van der Waals surface area contributed by atoms with Crippen LogP contribution in [0.5, 0.6) is 0 Å². The van der Waals surface area contributed by atoms with Crippen LogP contribution in [0.15, 0.2) is 0 Å². The van der Waals surface area contributed by atoms with Crippen molar-refractivity contribution >= 4 is 0 Å². The molecule has 0 amide bonds. The third-order valence-corrected chi connectivity index (χ3v) is 10.3. The fourth-order valence-electron chi connectivity index (χ4n) is 6.99. The monoisotopic (exact) mass is 653 g/mol. The number of hydrogen-bond donors (Lipinski definition) is 2. The van der Waals surface area contributed by atoms with Crippen LogP contribution in [0.4, 0.5) is 0 Å². The second-order valence-corrected chi connectivity index (χ2v) is 15.0. The summed E-state index contributed by atoms with van der Waals surface area (Å²) in [6.07, 6.45) is 49.8. The predicted octanol–water partition coefficient (Wildman–Crippen LogP) is 14.2. The van der Waals surface area contributed by atoms with Crippen LogP contribution in [0.3, 0.4) is 0 Å². The first-order valence-corrected chi connectivity index (χ1v) is 21.7. The molecule has 0 aromatic rings. The molecule has 0 aliphatic heterocycles. The van der Waals surface area contributed by atoms with Crippen molar-refractivity contribution in [2.75, 3.05) is 13.2 Å². The van der Waals surface area contributed by atoms with E-state index in [2.05, 4.69) is 13.8 Å². The van der Waals surface area contributed by atoms with Crippen LogP contribution in [-0.2, 0) is 4.74 Å². The van der Waals surface area contributed by atoms with Gasteiger partial charge in [0.05, 0.1) is 12.7 Å². The van der Waals surface area contributed by atoms with Crippen LogP contribution in [0.25, 0.3) is 0 Å². The van der Waals surface area contributed by atoms with Crippen LogP contribution >= 0.6 is 0 Å². The largest absolute Gasteiger partial charge is 0.394 e. The van der Waals surface area contributed by atoms with Crippen LogP contribution in [0.2, 0.25) is 0 Å². The van der Waals surface area contributed by atoms with E-state index in [9.17, 15) is 10.2 Å². The molecule has 0 aromatic carbocycles. The maximum atomic E-state index is 10.2. The summed E-state index contributed by atoms with van der Waals surface area (Å²) in [5.74, 6) is 0. The summed E-state index contributed by atoms with van der Waals surface area (Å²) in [5.41, 5.74) is 0. The van der Waals surface area contributed by atoms with Gasteiger partial charge in [-0.1, -0.05) is 239 Å². The van der Waals surface area contributed by atoms with E-state index in [4.69, 9.17) is 4.74 Å². The van der Waals surface area contributed by atoms with E-state index in [1.807, 2.05) is 0 Å². The van der Waals surface area contributed by atoms with Crippen molar-refractivity contribution in [3.8, 4) is 0 Å². The molecule has 3 nitrogen and oxygen atoms in total. The summed E-state index contributed by atoms with van der Waals surface area (Å²) in [5, 5.41) is 19.7. The molecular weight excluding hydrogens is 564 g/mol. The number of hydrogen-bond acceptors (Lipinski definition) is 3. The van der Waals surface area contributed by atoms with Gasteiger partial charge in [-0.3, -0.25) is 0 Å². The van der Waals surface area contributed by atoms with Crippen LogP contribution in [-0.4, -0.2) is 35.6 Å². The first kappa shape index (κ1) is 45.9. The minimum Gasteiger partial charge on any atom is -0.394 e. The maximum Gasteiger partial charge on any atom is 0.103 e. The SMILES string of the molecule is CCCCCCCCCCCCCCCCCCCCOC(CCCCCCCCCCCCCCCCCCCC)C(O)CO. The summed E-state index contributed by atoms with van der Waals surface area (Å²) >= 11 is 0. The predicted molar refractivity (Wildman–Crippen MR) is 205 cm³/mol. The van der Waals surface area contributed by atoms with E-state index >= 15 is 0 Å². The minimum absolute atomic E-state index is 0.192. The lowest BCUT2D eigenvalue weighted by Gasteiger charge is -2.22. The van der Waals surface area contributed by atoms with Crippen molar-refractivity contribution in [3.63, 3.8) is 0 Å². The summed E-state index contributed by atoms with van der Waals surface area (Å²) in [6.45, 7) is 5.12. The Labute approximate surface area is 291 Å². The Morgan fingerprint density at radius 2 is 0.587 bits per heavy atom. The Morgan fingerprint density at radius 3 is 0.848 bits per heavy atom. The number of unbranched alkanes of at least 4 members (excludes halogenated alkanes) is 34. The van der Waals surface area contributed by atoms with Crippen molar-refractivity contribution in [1.29, 1.82) is 0 Å². The molecule has 0 radical (unpaired) electrons. The zero-order chi connectivity index (χ0) is 33.4. The summed E-state index contributed by atoms with van der Waals surface area (Å²) in [4.78, 5) is 0. The average molecular weight is 653 g/mol. The fourth-order valence-corrected chi connectivity index (χ4v) is 6.99. The third kappa shape index (κ3) is 36.7. The zero-order valence-electron chi connectivity index (χ0n) is 32.0. The van der Waals surface area contributed by atoms with Gasteiger partial charge in [-0.15, -0.1) is 0 Å². The number of aliphatic hydroxyl groups is 2. The fraction of sp³-hybridized carbons (Fsp3) is 1.00. The minimum atomic E-state index is -0.735. The normalized spacial score (nSPS) is 13.0. The molecule has 2 atom stereocenters. The highest BCUT2D eigenvalue weighted by molar-refractivity contribution is 4.68. The lowest BCUT2D eigenvalue weighted by molar-refractivity contribution is -0.0629. The molecule has 0 saturated heterocycles. The molecular formula is C43H88O3. The van der Waals surface area contributed by atoms with Crippen LogP contribution in [0.1, 0.15) is 251 Å². The van der Waals surface area contributed by atoms with Gasteiger partial charge in [-0.2, -0.15) is 0 Å². The van der Waals surface area contributed by atoms with Crippen molar-refractivity contribution in [1.82, 2.24) is 0 Å². The van der Waals surface area contributed by atoms with Crippen LogP contribution < -0.4 is 0 Å². The molecule has 0 aliphatic rings. The Morgan fingerprint density at radius 1 is 0.348 bits per heavy atom. The second-order valence-electron chi connectivity index (χ2n) is 15.0. The van der Waals surface area contributed by atoms with Crippen molar-refractivity contribution in [3.05, 3.63) is 0 Å².